The van der Waals surface area contributed by atoms with Gasteiger partial charge in [-0.2, -0.15) is 0 Å². The Kier molecular flexibility index (Phi) is 4.77. The molecule has 0 spiro atoms. The van der Waals surface area contributed by atoms with Crippen molar-refractivity contribution in [1.29, 1.82) is 0 Å². The highest BCUT2D eigenvalue weighted by atomic mass is 32.2. The van der Waals surface area contributed by atoms with Crippen molar-refractivity contribution in [2.45, 2.75) is 6.42 Å². The van der Waals surface area contributed by atoms with Crippen LogP contribution in [0.3, 0.4) is 0 Å². The Morgan fingerprint density at radius 2 is 1.63 bits per heavy atom. The van der Waals surface area contributed by atoms with Crippen LogP contribution in [-0.2, 0) is 24.1 Å². The van der Waals surface area contributed by atoms with Gasteiger partial charge in [-0.1, -0.05) is 0 Å². The van der Waals surface area contributed by atoms with Gasteiger partial charge in [-0.15, -0.1) is 0 Å². The van der Waals surface area contributed by atoms with Crippen molar-refractivity contribution in [2.24, 2.45) is 14.1 Å². The lowest BCUT2D eigenvalue weighted by atomic mass is 10.2. The summed E-state index contributed by atoms with van der Waals surface area (Å²) < 4.78 is 42.4. The van der Waals surface area contributed by atoms with Crippen LogP contribution in [0.5, 0.6) is 0 Å². The number of carbonyl (C=O) groups excluding carboxylic acids is 1. The molecule has 9 nitrogen and oxygen atoms in total. The quantitative estimate of drug-likeness (QED) is 0.661. The number of nitrogens with one attached hydrogen (secondary N) is 2. The Balaban J connectivity index is 1.55. The number of benzene rings is 2. The van der Waals surface area contributed by atoms with E-state index in [-0.39, 0.29) is 29.4 Å². The topological polar surface area (TPSA) is 105 Å². The molecule has 0 bridgehead atoms. The van der Waals surface area contributed by atoms with E-state index in [2.05, 4.69) is 10.6 Å². The number of halogens is 1. The third kappa shape index (κ3) is 3.41. The zero-order valence-corrected chi connectivity index (χ0v) is 17.2. The van der Waals surface area contributed by atoms with Gasteiger partial charge in [0.1, 0.15) is 5.82 Å². The van der Waals surface area contributed by atoms with Gasteiger partial charge in [0, 0.05) is 32.0 Å². The van der Waals surface area contributed by atoms with Gasteiger partial charge < -0.3 is 10.6 Å². The fourth-order valence-corrected chi connectivity index (χ4v) is 5.13. The number of aryl methyl sites for hydroxylation is 2. The molecule has 3 aromatic rings. The van der Waals surface area contributed by atoms with E-state index in [1.807, 2.05) is 0 Å². The standard InChI is InChI=1S/C19H20FN5O4S/c1-23-15-7-5-13(11-17(15)24(2)19(23)27)22-18(26)21-12-4-6-14(20)16(10-12)25-8-3-9-30(25,28)29/h4-7,10-11H,3,8-9H2,1-2H3,(H2,21,22,26). The number of anilines is 3. The molecule has 158 valence electrons. The first kappa shape index (κ1) is 20.0. The van der Waals surface area contributed by atoms with Crippen LogP contribution in [0.1, 0.15) is 6.42 Å². The highest BCUT2D eigenvalue weighted by molar-refractivity contribution is 7.93. The molecule has 1 saturated heterocycles. The molecule has 4 rings (SSSR count). The molecule has 0 unspecified atom stereocenters. The molecule has 1 fully saturated rings. The van der Waals surface area contributed by atoms with Crippen LogP contribution < -0.4 is 20.6 Å². The number of sulfonamides is 1. The summed E-state index contributed by atoms with van der Waals surface area (Å²) >= 11 is 0. The summed E-state index contributed by atoms with van der Waals surface area (Å²) in [5.41, 5.74) is 1.82. The number of urea groups is 1. The fraction of sp³-hybridized carbons (Fsp3) is 0.263. The van der Waals surface area contributed by atoms with Gasteiger partial charge in [-0.05, 0) is 42.8 Å². The molecule has 2 heterocycles. The Labute approximate surface area is 171 Å². The maximum absolute atomic E-state index is 14.2. The van der Waals surface area contributed by atoms with E-state index >= 15 is 0 Å². The smallest absolute Gasteiger partial charge is 0.308 e. The summed E-state index contributed by atoms with van der Waals surface area (Å²) in [7, 11) is -0.244. The lowest BCUT2D eigenvalue weighted by molar-refractivity contribution is 0.262. The third-order valence-electron chi connectivity index (χ3n) is 5.10. The number of imidazole rings is 1. The van der Waals surface area contributed by atoms with Crippen LogP contribution in [0.25, 0.3) is 11.0 Å². The SMILES string of the molecule is Cn1c(=O)n(C)c2cc(NC(=O)Nc3ccc(F)c(N4CCCS4(=O)=O)c3)ccc21. The van der Waals surface area contributed by atoms with E-state index in [0.717, 1.165) is 15.9 Å². The lowest BCUT2D eigenvalue weighted by Crippen LogP contribution is -2.26. The molecule has 0 aliphatic carbocycles. The van der Waals surface area contributed by atoms with Gasteiger partial charge in [0.05, 0.1) is 22.5 Å². The van der Waals surface area contributed by atoms with Gasteiger partial charge in [-0.25, -0.2) is 22.4 Å². The highest BCUT2D eigenvalue weighted by Gasteiger charge is 2.30. The Bertz CT molecular complexity index is 1330. The summed E-state index contributed by atoms with van der Waals surface area (Å²) in [5.74, 6) is -0.712. The number of hydrogen-bond donors (Lipinski definition) is 2. The van der Waals surface area contributed by atoms with Crippen molar-refractivity contribution in [3.63, 3.8) is 0 Å². The Morgan fingerprint density at radius 3 is 2.30 bits per heavy atom. The minimum absolute atomic E-state index is 0.0327. The van der Waals surface area contributed by atoms with E-state index < -0.39 is 21.9 Å². The van der Waals surface area contributed by atoms with Gasteiger partial charge in [-0.3, -0.25) is 13.4 Å². The van der Waals surface area contributed by atoms with Gasteiger partial charge in [0.2, 0.25) is 10.0 Å². The fourth-order valence-electron chi connectivity index (χ4n) is 3.57. The predicted octanol–water partition coefficient (Wildman–Crippen LogP) is 2.20. The van der Waals surface area contributed by atoms with E-state index in [0.29, 0.717) is 17.6 Å². The van der Waals surface area contributed by atoms with Crippen LogP contribution in [-0.4, -0.2) is 35.9 Å². The molecule has 1 aliphatic rings. The highest BCUT2D eigenvalue weighted by Crippen LogP contribution is 2.29. The van der Waals surface area contributed by atoms with E-state index in [1.54, 1.807) is 32.3 Å². The van der Waals surface area contributed by atoms with Crippen LogP contribution in [0, 0.1) is 5.82 Å². The monoisotopic (exact) mass is 433 g/mol. The first-order valence-electron chi connectivity index (χ1n) is 9.21. The van der Waals surface area contributed by atoms with Crippen molar-refractivity contribution in [2.75, 3.05) is 27.2 Å². The van der Waals surface area contributed by atoms with Gasteiger partial charge in [0.25, 0.3) is 0 Å². The molecule has 0 saturated carbocycles. The minimum Gasteiger partial charge on any atom is -0.308 e. The molecule has 11 heteroatoms. The number of aromatic nitrogens is 2. The summed E-state index contributed by atoms with van der Waals surface area (Å²) in [6.07, 6.45) is 0.421. The second-order valence-corrected chi connectivity index (χ2v) is 9.10. The number of nitrogens with zero attached hydrogens (tertiary/aromatic N) is 3. The predicted molar refractivity (Wildman–Crippen MR) is 113 cm³/mol. The number of amides is 2. The minimum atomic E-state index is -3.55. The summed E-state index contributed by atoms with van der Waals surface area (Å²) in [5, 5.41) is 5.23. The lowest BCUT2D eigenvalue weighted by Gasteiger charge is -2.18. The van der Waals surface area contributed by atoms with Gasteiger partial charge in [0.15, 0.2) is 0 Å². The van der Waals surface area contributed by atoms with Crippen molar-refractivity contribution >= 4 is 44.1 Å². The first-order valence-corrected chi connectivity index (χ1v) is 10.8. The largest absolute Gasteiger partial charge is 0.328 e. The second kappa shape index (κ2) is 7.17. The molecule has 0 radical (unpaired) electrons. The maximum atomic E-state index is 14.2. The molecule has 0 atom stereocenters. The molecule has 1 aromatic heterocycles. The van der Waals surface area contributed by atoms with Crippen molar-refractivity contribution in [1.82, 2.24) is 9.13 Å². The number of carbonyl (C=O) groups is 1. The van der Waals surface area contributed by atoms with Gasteiger partial charge >= 0.3 is 11.7 Å². The molecular formula is C19H20FN5O4S. The van der Waals surface area contributed by atoms with Crippen LogP contribution >= 0.6 is 0 Å². The molecule has 30 heavy (non-hydrogen) atoms. The van der Waals surface area contributed by atoms with Crippen LogP contribution in [0.15, 0.2) is 41.2 Å². The average molecular weight is 433 g/mol. The molecular weight excluding hydrogens is 413 g/mol. The van der Waals surface area contributed by atoms with Crippen molar-refractivity contribution < 1.29 is 17.6 Å². The maximum Gasteiger partial charge on any atom is 0.328 e. The average Bonchev–Trinajstić information content (AvgIpc) is 3.15. The summed E-state index contributed by atoms with van der Waals surface area (Å²) in [6, 6.07) is 8.23. The molecule has 2 aromatic carbocycles. The molecule has 2 N–H and O–H groups in total. The summed E-state index contributed by atoms with van der Waals surface area (Å²) in [4.78, 5) is 24.4. The van der Waals surface area contributed by atoms with Crippen molar-refractivity contribution in [3.05, 3.63) is 52.7 Å². The van der Waals surface area contributed by atoms with Crippen molar-refractivity contribution in [3.8, 4) is 0 Å². The zero-order chi connectivity index (χ0) is 21.6. The normalized spacial score (nSPS) is 15.5. The Morgan fingerprint density at radius 1 is 1.00 bits per heavy atom. The van der Waals surface area contributed by atoms with Crippen LogP contribution in [0.4, 0.5) is 26.2 Å². The van der Waals surface area contributed by atoms with E-state index in [4.69, 9.17) is 0 Å². The third-order valence-corrected chi connectivity index (χ3v) is 6.96. The molecule has 1 aliphatic heterocycles. The number of hydrogen-bond acceptors (Lipinski definition) is 4. The first-order chi connectivity index (χ1) is 14.2. The van der Waals surface area contributed by atoms with E-state index in [1.165, 1.54) is 21.3 Å². The number of fused-ring (bicyclic) bond motifs is 1. The van der Waals surface area contributed by atoms with Crippen LogP contribution in [0.2, 0.25) is 0 Å². The second-order valence-electron chi connectivity index (χ2n) is 7.09. The van der Waals surface area contributed by atoms with E-state index in [9.17, 15) is 22.4 Å². The Hall–Kier alpha value is -3.34. The number of rotatable bonds is 3. The summed E-state index contributed by atoms with van der Waals surface area (Å²) in [6.45, 7) is 0.199. The zero-order valence-electron chi connectivity index (χ0n) is 16.3. The molecule has 2 amide bonds.